The second kappa shape index (κ2) is 9.00. The number of nitrogens with one attached hydrogen (secondary N) is 1. The van der Waals surface area contributed by atoms with E-state index in [0.29, 0.717) is 28.8 Å². The van der Waals surface area contributed by atoms with Gasteiger partial charge in [0.05, 0.1) is 17.8 Å². The zero-order valence-electron chi connectivity index (χ0n) is 19.8. The molecule has 0 unspecified atom stereocenters. The van der Waals surface area contributed by atoms with Crippen LogP contribution in [0, 0.1) is 23.3 Å². The first-order chi connectivity index (χ1) is 18.6. The van der Waals surface area contributed by atoms with Crippen LogP contribution in [0.2, 0.25) is 0 Å². The molecule has 0 bridgehead atoms. The maximum atomic E-state index is 14.5. The number of halogens is 7. The van der Waals surface area contributed by atoms with Crippen molar-refractivity contribution in [1.29, 1.82) is 0 Å². The summed E-state index contributed by atoms with van der Waals surface area (Å²) < 4.78 is 98.4. The van der Waals surface area contributed by atoms with E-state index < -0.39 is 41.3 Å². The molecule has 0 atom stereocenters. The lowest BCUT2D eigenvalue weighted by atomic mass is 10.0. The van der Waals surface area contributed by atoms with E-state index in [0.717, 1.165) is 21.8 Å². The molecule has 0 aliphatic heterocycles. The summed E-state index contributed by atoms with van der Waals surface area (Å²) in [5.41, 5.74) is 0.845. The highest BCUT2D eigenvalue weighted by Gasteiger charge is 2.34. The van der Waals surface area contributed by atoms with Gasteiger partial charge in [-0.05, 0) is 35.9 Å². The van der Waals surface area contributed by atoms with Crippen LogP contribution < -0.4 is 0 Å². The van der Waals surface area contributed by atoms with Crippen LogP contribution in [0.15, 0.2) is 78.9 Å². The minimum absolute atomic E-state index is 0.126. The molecule has 1 N–H and O–H groups in total. The Morgan fingerprint density at radius 2 is 1.44 bits per heavy atom. The number of aromatic nitrogens is 3. The molecule has 0 aliphatic rings. The second-order valence-corrected chi connectivity index (χ2v) is 9.05. The summed E-state index contributed by atoms with van der Waals surface area (Å²) in [4.78, 5) is 3.18. The standard InChI is InChI=1S/C29H16F7N3/c30-18-8-9-25-17(10-18)11-26(37-25)15-4-6-16(7-5-15)28-20-2-1-3-22(29(34,35)36)27(20)38-39(28)14-21-23(32)12-19(31)13-24(21)33/h1-13,37H,14H2. The lowest BCUT2D eigenvalue weighted by molar-refractivity contribution is -0.136. The largest absolute Gasteiger partial charge is 0.418 e. The van der Waals surface area contributed by atoms with E-state index in [-0.39, 0.29) is 22.4 Å². The van der Waals surface area contributed by atoms with E-state index in [1.165, 1.54) is 24.3 Å². The van der Waals surface area contributed by atoms with Crippen LogP contribution in [-0.4, -0.2) is 14.8 Å². The predicted molar refractivity (Wildman–Crippen MR) is 133 cm³/mol. The zero-order chi connectivity index (χ0) is 27.5. The third-order valence-corrected chi connectivity index (χ3v) is 6.54. The Labute approximate surface area is 216 Å². The van der Waals surface area contributed by atoms with Gasteiger partial charge in [0, 0.05) is 45.2 Å². The molecule has 0 radical (unpaired) electrons. The summed E-state index contributed by atoms with van der Waals surface area (Å²) in [5.74, 6) is -3.86. The number of hydrogen-bond acceptors (Lipinski definition) is 1. The average molecular weight is 539 g/mol. The molecule has 0 fully saturated rings. The SMILES string of the molecule is Fc1cc(F)c(Cn2nc3c(C(F)(F)F)cccc3c2-c2ccc(-c3cc4cc(F)ccc4[nH]3)cc2)c(F)c1. The number of hydrogen-bond donors (Lipinski definition) is 1. The third-order valence-electron chi connectivity index (χ3n) is 6.54. The van der Waals surface area contributed by atoms with Crippen LogP contribution in [0.5, 0.6) is 0 Å². The molecule has 0 aliphatic carbocycles. The number of H-pyrrole nitrogens is 1. The van der Waals surface area contributed by atoms with Crippen LogP contribution in [0.3, 0.4) is 0 Å². The van der Waals surface area contributed by atoms with Crippen LogP contribution in [0.25, 0.3) is 44.3 Å². The topological polar surface area (TPSA) is 33.6 Å². The Balaban J connectivity index is 1.49. The highest BCUT2D eigenvalue weighted by Crippen LogP contribution is 2.39. The van der Waals surface area contributed by atoms with E-state index in [9.17, 15) is 30.7 Å². The highest BCUT2D eigenvalue weighted by molar-refractivity contribution is 5.96. The second-order valence-electron chi connectivity index (χ2n) is 9.05. The van der Waals surface area contributed by atoms with Crippen LogP contribution >= 0.6 is 0 Å². The van der Waals surface area contributed by atoms with Crippen molar-refractivity contribution in [2.24, 2.45) is 0 Å². The normalized spacial score (nSPS) is 12.1. The quantitative estimate of drug-likeness (QED) is 0.224. The Bertz CT molecular complexity index is 1840. The lowest BCUT2D eigenvalue weighted by Gasteiger charge is -2.11. The average Bonchev–Trinajstić information content (AvgIpc) is 3.46. The van der Waals surface area contributed by atoms with E-state index in [1.807, 2.05) is 0 Å². The van der Waals surface area contributed by atoms with Crippen LogP contribution in [0.4, 0.5) is 30.7 Å². The van der Waals surface area contributed by atoms with Crippen molar-refractivity contribution >= 4 is 21.8 Å². The molecule has 4 aromatic carbocycles. The van der Waals surface area contributed by atoms with Gasteiger partial charge in [0.15, 0.2) is 0 Å². The summed E-state index contributed by atoms with van der Waals surface area (Å²) in [6.45, 7) is -0.575. The molecule has 2 heterocycles. The molecule has 39 heavy (non-hydrogen) atoms. The number of nitrogens with zero attached hydrogens (tertiary/aromatic N) is 2. The summed E-state index contributed by atoms with van der Waals surface area (Å²) in [6.07, 6.45) is -4.72. The van der Waals surface area contributed by atoms with Gasteiger partial charge in [-0.3, -0.25) is 4.68 Å². The molecule has 196 valence electrons. The summed E-state index contributed by atoms with van der Waals surface area (Å²) in [5, 5.41) is 4.90. The van der Waals surface area contributed by atoms with Crippen molar-refractivity contribution in [3.8, 4) is 22.5 Å². The highest BCUT2D eigenvalue weighted by atomic mass is 19.4. The Morgan fingerprint density at radius 3 is 2.13 bits per heavy atom. The van der Waals surface area contributed by atoms with Gasteiger partial charge in [-0.1, -0.05) is 36.4 Å². The molecule has 10 heteroatoms. The number of rotatable bonds is 4. The van der Waals surface area contributed by atoms with Gasteiger partial charge >= 0.3 is 6.18 Å². The van der Waals surface area contributed by atoms with E-state index in [4.69, 9.17) is 0 Å². The maximum Gasteiger partial charge on any atom is 0.418 e. The monoisotopic (exact) mass is 539 g/mol. The van der Waals surface area contributed by atoms with Crippen molar-refractivity contribution in [3.05, 3.63) is 113 Å². The lowest BCUT2D eigenvalue weighted by Crippen LogP contribution is -2.09. The van der Waals surface area contributed by atoms with Gasteiger partial charge in [0.1, 0.15) is 28.8 Å². The van der Waals surface area contributed by atoms with E-state index in [1.54, 1.807) is 36.4 Å². The molecule has 3 nitrogen and oxygen atoms in total. The summed E-state index contributed by atoms with van der Waals surface area (Å²) in [7, 11) is 0. The molecule has 6 rings (SSSR count). The van der Waals surface area contributed by atoms with Crippen molar-refractivity contribution < 1.29 is 30.7 Å². The van der Waals surface area contributed by atoms with Gasteiger partial charge in [-0.2, -0.15) is 18.3 Å². The van der Waals surface area contributed by atoms with Gasteiger partial charge in [0.2, 0.25) is 0 Å². The number of fused-ring (bicyclic) bond motifs is 2. The smallest absolute Gasteiger partial charge is 0.355 e. The third kappa shape index (κ3) is 4.41. The molecule has 0 amide bonds. The van der Waals surface area contributed by atoms with Crippen molar-refractivity contribution in [2.45, 2.75) is 12.7 Å². The van der Waals surface area contributed by atoms with Crippen LogP contribution in [0.1, 0.15) is 11.1 Å². The van der Waals surface area contributed by atoms with Gasteiger partial charge in [-0.25, -0.2) is 17.6 Å². The number of alkyl halides is 3. The number of aromatic amines is 1. The summed E-state index contributed by atoms with van der Waals surface area (Å²) >= 11 is 0. The first kappa shape index (κ1) is 24.7. The zero-order valence-corrected chi connectivity index (χ0v) is 19.8. The molecule has 0 saturated heterocycles. The van der Waals surface area contributed by atoms with Crippen LogP contribution in [-0.2, 0) is 12.7 Å². The molecule has 2 aromatic heterocycles. The minimum atomic E-state index is -4.72. The predicted octanol–water partition coefficient (Wildman–Crippen LogP) is 8.48. The first-order valence-corrected chi connectivity index (χ1v) is 11.7. The fraction of sp³-hybridized carbons (Fsp3) is 0.0690. The van der Waals surface area contributed by atoms with E-state index in [2.05, 4.69) is 10.1 Å². The van der Waals surface area contributed by atoms with Gasteiger partial charge in [0.25, 0.3) is 0 Å². The van der Waals surface area contributed by atoms with Crippen molar-refractivity contribution in [1.82, 2.24) is 14.8 Å². The fourth-order valence-electron chi connectivity index (χ4n) is 4.74. The first-order valence-electron chi connectivity index (χ1n) is 11.7. The molecule has 6 aromatic rings. The minimum Gasteiger partial charge on any atom is -0.355 e. The molecule has 0 saturated carbocycles. The Morgan fingerprint density at radius 1 is 0.744 bits per heavy atom. The molecular formula is C29H16F7N3. The van der Waals surface area contributed by atoms with Crippen molar-refractivity contribution in [2.75, 3.05) is 0 Å². The maximum absolute atomic E-state index is 14.5. The number of benzene rings is 4. The fourth-order valence-corrected chi connectivity index (χ4v) is 4.74. The van der Waals surface area contributed by atoms with E-state index >= 15 is 0 Å². The molecular weight excluding hydrogens is 523 g/mol. The summed E-state index contributed by atoms with van der Waals surface area (Å²) in [6, 6.07) is 17.4. The van der Waals surface area contributed by atoms with Crippen molar-refractivity contribution in [3.63, 3.8) is 0 Å². The Kier molecular flexibility index (Phi) is 5.71. The van der Waals surface area contributed by atoms with Gasteiger partial charge in [-0.15, -0.1) is 0 Å². The Hall–Kier alpha value is -4.60. The molecule has 0 spiro atoms. The van der Waals surface area contributed by atoms with Gasteiger partial charge < -0.3 is 4.98 Å².